The van der Waals surface area contributed by atoms with Gasteiger partial charge in [0.2, 0.25) is 0 Å². The highest BCUT2D eigenvalue weighted by Crippen LogP contribution is 1.75. The first-order chi connectivity index (χ1) is 3.56. The summed E-state index contributed by atoms with van der Waals surface area (Å²) in [6, 6.07) is 0. The minimum atomic E-state index is -4.19. The van der Waals surface area contributed by atoms with Crippen LogP contribution in [0.3, 0.4) is 0 Å². The van der Waals surface area contributed by atoms with Crippen LogP contribution < -0.4 is 4.72 Å². The van der Waals surface area contributed by atoms with Crippen molar-refractivity contribution in [3.05, 3.63) is 0 Å². The minimum Gasteiger partial charge on any atom is -0.190 e. The van der Waals surface area contributed by atoms with Crippen molar-refractivity contribution >= 4 is 10.3 Å². The SMILES string of the molecule is CCCNS([O])(=O)=O. The zero-order valence-corrected chi connectivity index (χ0v) is 5.36. The molecule has 0 bridgehead atoms. The van der Waals surface area contributed by atoms with Crippen molar-refractivity contribution in [2.75, 3.05) is 6.54 Å². The van der Waals surface area contributed by atoms with Crippen LogP contribution in [0.25, 0.3) is 0 Å². The van der Waals surface area contributed by atoms with Gasteiger partial charge in [-0.1, -0.05) is 11.5 Å². The lowest BCUT2D eigenvalue weighted by atomic mass is 10.5. The van der Waals surface area contributed by atoms with Gasteiger partial charge in [-0.2, -0.15) is 13.1 Å². The summed E-state index contributed by atoms with van der Waals surface area (Å²) >= 11 is 0. The number of hydrogen-bond acceptors (Lipinski definition) is 2. The zero-order chi connectivity index (χ0) is 6.62. The van der Waals surface area contributed by atoms with E-state index in [0.717, 1.165) is 0 Å². The predicted molar refractivity (Wildman–Crippen MR) is 27.9 cm³/mol. The van der Waals surface area contributed by atoms with Gasteiger partial charge in [0.15, 0.2) is 0 Å². The summed E-state index contributed by atoms with van der Waals surface area (Å²) in [6.45, 7) is 2.00. The van der Waals surface area contributed by atoms with Gasteiger partial charge >= 0.3 is 10.3 Å². The molecule has 0 saturated carbocycles. The van der Waals surface area contributed by atoms with E-state index in [1.807, 2.05) is 0 Å². The summed E-state index contributed by atoms with van der Waals surface area (Å²) < 4.78 is 31.0. The van der Waals surface area contributed by atoms with Crippen molar-refractivity contribution in [1.29, 1.82) is 0 Å². The molecule has 0 unspecified atom stereocenters. The minimum absolute atomic E-state index is 0.228. The maximum absolute atomic E-state index is 9.72. The van der Waals surface area contributed by atoms with Gasteiger partial charge < -0.3 is 0 Å². The quantitative estimate of drug-likeness (QED) is 0.579. The van der Waals surface area contributed by atoms with Crippen molar-refractivity contribution in [3.63, 3.8) is 0 Å². The molecule has 0 heterocycles. The van der Waals surface area contributed by atoms with Gasteiger partial charge in [0, 0.05) is 6.54 Å². The Labute approximate surface area is 48.8 Å². The Morgan fingerprint density at radius 3 is 2.12 bits per heavy atom. The van der Waals surface area contributed by atoms with Gasteiger partial charge in [0.25, 0.3) is 0 Å². The molecule has 0 atom stereocenters. The normalized spacial score (nSPS) is 11.8. The fourth-order valence-electron chi connectivity index (χ4n) is 0.227. The molecule has 0 rings (SSSR count). The van der Waals surface area contributed by atoms with E-state index < -0.39 is 10.3 Å². The average molecular weight is 138 g/mol. The molecule has 0 fully saturated rings. The van der Waals surface area contributed by atoms with Crippen LogP contribution in [0.1, 0.15) is 13.3 Å². The Kier molecular flexibility index (Phi) is 2.96. The first-order valence-electron chi connectivity index (χ1n) is 2.26. The molecule has 0 spiro atoms. The highest BCUT2D eigenvalue weighted by Gasteiger charge is 2.00. The molecule has 0 aromatic carbocycles. The van der Waals surface area contributed by atoms with E-state index in [0.29, 0.717) is 6.42 Å². The van der Waals surface area contributed by atoms with Crippen LogP contribution in [0.5, 0.6) is 0 Å². The molecule has 5 heteroatoms. The van der Waals surface area contributed by atoms with Gasteiger partial charge in [-0.05, 0) is 6.42 Å². The molecular weight excluding hydrogens is 130 g/mol. The maximum atomic E-state index is 9.72. The average Bonchev–Trinajstić information content (AvgIpc) is 1.59. The van der Waals surface area contributed by atoms with Gasteiger partial charge in [-0.3, -0.25) is 0 Å². The second-order valence-electron chi connectivity index (χ2n) is 1.35. The third kappa shape index (κ3) is 5.87. The van der Waals surface area contributed by atoms with Crippen LogP contribution in [0.15, 0.2) is 0 Å². The first-order valence-corrected chi connectivity index (χ1v) is 3.67. The lowest BCUT2D eigenvalue weighted by Gasteiger charge is -1.91. The zero-order valence-electron chi connectivity index (χ0n) is 4.55. The summed E-state index contributed by atoms with van der Waals surface area (Å²) in [6.07, 6.45) is 0.640. The maximum Gasteiger partial charge on any atom is 0.363 e. The van der Waals surface area contributed by atoms with E-state index in [-0.39, 0.29) is 6.54 Å². The van der Waals surface area contributed by atoms with E-state index in [1.165, 1.54) is 0 Å². The number of rotatable bonds is 3. The van der Waals surface area contributed by atoms with E-state index in [2.05, 4.69) is 0 Å². The fraction of sp³-hybridized carbons (Fsp3) is 1.00. The van der Waals surface area contributed by atoms with Crippen molar-refractivity contribution in [2.24, 2.45) is 0 Å². The monoisotopic (exact) mass is 138 g/mol. The summed E-state index contributed by atoms with van der Waals surface area (Å²) in [5.41, 5.74) is 0. The molecular formula is C3H8NO3S. The number of nitrogens with one attached hydrogen (secondary N) is 1. The first kappa shape index (κ1) is 7.87. The topological polar surface area (TPSA) is 66.1 Å². The second-order valence-corrected chi connectivity index (χ2v) is 2.55. The van der Waals surface area contributed by atoms with Crippen LogP contribution >= 0.6 is 0 Å². The third-order valence-corrected chi connectivity index (χ3v) is 1.09. The third-order valence-electron chi connectivity index (χ3n) is 0.529. The van der Waals surface area contributed by atoms with Crippen LogP contribution in [-0.2, 0) is 14.9 Å². The molecule has 49 valence electrons. The van der Waals surface area contributed by atoms with Crippen LogP contribution in [0, 0.1) is 0 Å². The van der Waals surface area contributed by atoms with E-state index in [9.17, 15) is 13.0 Å². The molecule has 0 aliphatic carbocycles. The van der Waals surface area contributed by atoms with Crippen LogP contribution in [0.4, 0.5) is 0 Å². The van der Waals surface area contributed by atoms with E-state index >= 15 is 0 Å². The summed E-state index contributed by atoms with van der Waals surface area (Å²) in [7, 11) is -4.19. The van der Waals surface area contributed by atoms with E-state index in [4.69, 9.17) is 0 Å². The van der Waals surface area contributed by atoms with Crippen molar-refractivity contribution < 1.29 is 13.0 Å². The molecule has 0 amide bonds. The smallest absolute Gasteiger partial charge is 0.190 e. The lowest BCUT2D eigenvalue weighted by molar-refractivity contribution is 0.401. The molecule has 8 heavy (non-hydrogen) atoms. The van der Waals surface area contributed by atoms with Crippen LogP contribution in [-0.4, -0.2) is 15.0 Å². The van der Waals surface area contributed by atoms with Crippen molar-refractivity contribution in [1.82, 2.24) is 4.72 Å². The molecule has 1 N–H and O–H groups in total. The summed E-state index contributed by atoms with van der Waals surface area (Å²) in [4.78, 5) is 0. The Morgan fingerprint density at radius 2 is 2.00 bits per heavy atom. The molecule has 4 nitrogen and oxygen atoms in total. The van der Waals surface area contributed by atoms with Gasteiger partial charge in [-0.25, -0.2) is 0 Å². The number of hydrogen-bond donors (Lipinski definition) is 1. The molecule has 0 aromatic heterocycles. The van der Waals surface area contributed by atoms with Crippen LogP contribution in [0.2, 0.25) is 0 Å². The fourth-order valence-corrected chi connectivity index (χ4v) is 0.681. The second kappa shape index (κ2) is 3.01. The molecule has 0 saturated heterocycles. The largest absolute Gasteiger partial charge is 0.363 e. The molecule has 0 aromatic rings. The van der Waals surface area contributed by atoms with Crippen molar-refractivity contribution in [3.8, 4) is 0 Å². The van der Waals surface area contributed by atoms with E-state index in [1.54, 1.807) is 11.6 Å². The highest BCUT2D eigenvalue weighted by atomic mass is 32.2. The Morgan fingerprint density at radius 1 is 1.50 bits per heavy atom. The molecule has 1 radical (unpaired) electrons. The lowest BCUT2D eigenvalue weighted by Crippen LogP contribution is -2.21. The Balaban J connectivity index is 3.42. The Hall–Kier alpha value is -0.130. The predicted octanol–water partition coefficient (Wildman–Crippen LogP) is -0.339. The molecule has 0 aliphatic rings. The standard InChI is InChI=1S/C3H8NO3S/c1-2-3-4-8(5,6)7/h4H,2-3H2,1H3. The Bertz CT molecular complexity index is 139. The molecule has 0 aliphatic heterocycles. The highest BCUT2D eigenvalue weighted by molar-refractivity contribution is 7.83. The van der Waals surface area contributed by atoms with Gasteiger partial charge in [-0.15, -0.1) is 0 Å². The van der Waals surface area contributed by atoms with Crippen molar-refractivity contribution in [2.45, 2.75) is 13.3 Å². The van der Waals surface area contributed by atoms with Gasteiger partial charge in [0.1, 0.15) is 0 Å². The summed E-state index contributed by atoms with van der Waals surface area (Å²) in [5.74, 6) is 0. The van der Waals surface area contributed by atoms with Gasteiger partial charge in [0.05, 0.1) is 0 Å². The summed E-state index contributed by atoms with van der Waals surface area (Å²) in [5, 5.41) is 0.